The van der Waals surface area contributed by atoms with Crippen LogP contribution in [0.5, 0.6) is 0 Å². The highest BCUT2D eigenvalue weighted by molar-refractivity contribution is 9.11. The normalized spacial score (nSPS) is 48.0. The summed E-state index contributed by atoms with van der Waals surface area (Å²) in [6, 6.07) is 0. The van der Waals surface area contributed by atoms with E-state index in [9.17, 15) is 0 Å². The molecule has 0 N–H and O–H groups in total. The monoisotopic (exact) mass is 267 g/mol. The summed E-state index contributed by atoms with van der Waals surface area (Å²) in [5.41, 5.74) is 0.334. The molecule has 4 aliphatic rings. The highest BCUT2D eigenvalue weighted by Gasteiger charge is 2.52. The predicted octanol–water partition coefficient (Wildman–Crippen LogP) is 4.29. The fraction of sp³-hybridized carbons (Fsp3) is 0.833. The molecule has 3 heteroatoms. The zero-order valence-electron chi connectivity index (χ0n) is 8.82. The molecule has 4 bridgehead atoms. The van der Waals surface area contributed by atoms with Gasteiger partial charge in [-0.15, -0.1) is 0 Å². The van der Waals surface area contributed by atoms with Crippen LogP contribution in [0.4, 0.5) is 0 Å². The maximum Gasteiger partial charge on any atom is 0.361 e. The van der Waals surface area contributed by atoms with Gasteiger partial charge < -0.3 is 0 Å². The third-order valence-corrected chi connectivity index (χ3v) is 5.76. The maximum atomic E-state index is 8.66. The number of hydrogen-bond acceptors (Lipinski definition) is 1. The summed E-state index contributed by atoms with van der Waals surface area (Å²) in [4.78, 5) is 3.18. The van der Waals surface area contributed by atoms with Crippen molar-refractivity contribution in [3.8, 4) is 0 Å². The fourth-order valence-corrected chi connectivity index (χ4v) is 5.17. The summed E-state index contributed by atoms with van der Waals surface area (Å²) in [6.07, 6.45) is 9.90. The van der Waals surface area contributed by atoms with Gasteiger partial charge in [-0.3, -0.25) is 0 Å². The van der Waals surface area contributed by atoms with Gasteiger partial charge in [-0.25, -0.2) is 0 Å². The average Bonchev–Trinajstić information content (AvgIpc) is 2.15. The van der Waals surface area contributed by atoms with E-state index in [0.717, 1.165) is 22.2 Å². The number of halogens is 1. The van der Waals surface area contributed by atoms with Crippen molar-refractivity contribution in [3.63, 3.8) is 0 Å². The van der Waals surface area contributed by atoms with Gasteiger partial charge in [0.05, 0.1) is 4.48 Å². The van der Waals surface area contributed by atoms with E-state index in [1.807, 2.05) is 0 Å². The topological polar surface area (TPSA) is 28.1 Å². The molecule has 0 saturated heterocycles. The van der Waals surface area contributed by atoms with Crippen LogP contribution in [-0.2, 0) is 0 Å². The fourth-order valence-electron chi connectivity index (χ4n) is 4.59. The molecule has 0 aromatic heterocycles. The molecule has 0 atom stereocenters. The molecule has 80 valence electrons. The molecule has 0 aromatic carbocycles. The summed E-state index contributed by atoms with van der Waals surface area (Å²) in [5, 5.41) is 8.66. The Kier molecular flexibility index (Phi) is 2.17. The first-order valence-corrected chi connectivity index (χ1v) is 6.71. The van der Waals surface area contributed by atoms with Gasteiger partial charge in [-0.2, -0.15) is 0 Å². The van der Waals surface area contributed by atoms with Gasteiger partial charge in [0, 0.05) is 5.41 Å². The van der Waals surface area contributed by atoms with Gasteiger partial charge in [0.1, 0.15) is 0 Å². The van der Waals surface area contributed by atoms with Crippen molar-refractivity contribution >= 4 is 15.9 Å². The molecular formula is C12H16BrN2+. The quantitative estimate of drug-likeness (QED) is 0.652. The molecule has 4 rings (SSSR count). The molecule has 0 aromatic rings. The highest BCUT2D eigenvalue weighted by atomic mass is 79.9. The summed E-state index contributed by atoms with van der Waals surface area (Å²) in [6.45, 7) is 0. The van der Waals surface area contributed by atoms with Crippen LogP contribution in [0.25, 0.3) is 4.98 Å². The predicted molar refractivity (Wildman–Crippen MR) is 62.7 cm³/mol. The standard InChI is InChI=1S/C12H16BrN2/c13-11(7-15-14)12-4-8-1-9(5-12)3-10(2-8)6-12/h7-10H,1-6H2/q+1/b11-7-. The first kappa shape index (κ1) is 9.84. The van der Waals surface area contributed by atoms with Crippen molar-refractivity contribution in [3.05, 3.63) is 15.7 Å². The molecule has 0 heterocycles. The van der Waals surface area contributed by atoms with Crippen LogP contribution in [0.3, 0.4) is 0 Å². The smallest absolute Gasteiger partial charge is 0.0475 e. The third-order valence-electron chi connectivity index (χ3n) is 4.72. The molecule has 2 nitrogen and oxygen atoms in total. The lowest BCUT2D eigenvalue weighted by Crippen LogP contribution is -2.46. The molecule has 0 aliphatic heterocycles. The van der Waals surface area contributed by atoms with Crippen LogP contribution in [0.1, 0.15) is 38.5 Å². The van der Waals surface area contributed by atoms with E-state index in [1.54, 1.807) is 6.20 Å². The Bertz CT molecular complexity index is 318. The second-order valence-electron chi connectivity index (χ2n) is 5.79. The van der Waals surface area contributed by atoms with Gasteiger partial charge in [0.15, 0.2) is 4.98 Å². The van der Waals surface area contributed by atoms with E-state index < -0.39 is 0 Å². The minimum absolute atomic E-state index is 0.334. The summed E-state index contributed by atoms with van der Waals surface area (Å²) >= 11 is 3.63. The molecule has 0 unspecified atom stereocenters. The Morgan fingerprint density at radius 3 is 2.00 bits per heavy atom. The third kappa shape index (κ3) is 1.45. The molecule has 4 fully saturated rings. The summed E-state index contributed by atoms with van der Waals surface area (Å²) in [5.74, 6) is 2.82. The molecule has 0 amide bonds. The van der Waals surface area contributed by atoms with E-state index in [4.69, 9.17) is 5.39 Å². The van der Waals surface area contributed by atoms with Crippen molar-refractivity contribution in [2.24, 2.45) is 23.2 Å². The van der Waals surface area contributed by atoms with E-state index in [-0.39, 0.29) is 0 Å². The van der Waals surface area contributed by atoms with Crippen molar-refractivity contribution in [1.82, 2.24) is 0 Å². The van der Waals surface area contributed by atoms with Crippen LogP contribution >= 0.6 is 15.9 Å². The second-order valence-corrected chi connectivity index (χ2v) is 6.64. The molecule has 4 aliphatic carbocycles. The molecule has 15 heavy (non-hydrogen) atoms. The van der Waals surface area contributed by atoms with Gasteiger partial charge in [0.25, 0.3) is 0 Å². The van der Waals surface area contributed by atoms with E-state index in [0.29, 0.717) is 5.41 Å². The summed E-state index contributed by atoms with van der Waals surface area (Å²) < 4.78 is 1.14. The van der Waals surface area contributed by atoms with Crippen LogP contribution in [0.15, 0.2) is 10.7 Å². The lowest BCUT2D eigenvalue weighted by molar-refractivity contribution is -0.0254. The molecule has 0 radical (unpaired) electrons. The minimum Gasteiger partial charge on any atom is -0.0475 e. The number of hydrogen-bond donors (Lipinski definition) is 0. The van der Waals surface area contributed by atoms with Crippen molar-refractivity contribution in [2.75, 3.05) is 0 Å². The Morgan fingerprint density at radius 1 is 1.13 bits per heavy atom. The number of allylic oxidation sites excluding steroid dienone is 1. The van der Waals surface area contributed by atoms with E-state index >= 15 is 0 Å². The van der Waals surface area contributed by atoms with Crippen LogP contribution < -0.4 is 0 Å². The van der Waals surface area contributed by atoms with E-state index in [1.165, 1.54) is 38.5 Å². The Hall–Kier alpha value is -0.360. The summed E-state index contributed by atoms with van der Waals surface area (Å²) in [7, 11) is 0. The number of diazo groups is 1. The molecule has 0 spiro atoms. The lowest BCUT2D eigenvalue weighted by atomic mass is 9.49. The average molecular weight is 268 g/mol. The van der Waals surface area contributed by atoms with Crippen LogP contribution in [-0.4, -0.2) is 0 Å². The van der Waals surface area contributed by atoms with Gasteiger partial charge >= 0.3 is 6.20 Å². The first-order valence-electron chi connectivity index (χ1n) is 5.92. The van der Waals surface area contributed by atoms with Gasteiger partial charge in [-0.05, 0) is 72.2 Å². The zero-order chi connectivity index (χ0) is 10.5. The minimum atomic E-state index is 0.334. The molecule has 4 saturated carbocycles. The lowest BCUT2D eigenvalue weighted by Gasteiger charge is -2.56. The zero-order valence-corrected chi connectivity index (χ0v) is 10.4. The van der Waals surface area contributed by atoms with Crippen LogP contribution in [0.2, 0.25) is 0 Å². The Morgan fingerprint density at radius 2 is 1.60 bits per heavy atom. The van der Waals surface area contributed by atoms with Crippen molar-refractivity contribution in [1.29, 1.82) is 5.39 Å². The highest BCUT2D eigenvalue weighted by Crippen LogP contribution is 2.63. The van der Waals surface area contributed by atoms with E-state index in [2.05, 4.69) is 20.9 Å². The SMILES string of the molecule is N#[N+]/C=C(\Br)C12CC3CC(CC(C3)C1)C2. The maximum absolute atomic E-state index is 8.66. The second kappa shape index (κ2) is 3.31. The number of nitrogens with zero attached hydrogens (tertiary/aromatic N) is 2. The first-order chi connectivity index (χ1) is 7.22. The largest absolute Gasteiger partial charge is 0.361 e. The number of rotatable bonds is 1. The Labute approximate surface area is 98.9 Å². The van der Waals surface area contributed by atoms with Gasteiger partial charge in [-0.1, -0.05) is 0 Å². The Balaban J connectivity index is 1.94. The molecular weight excluding hydrogens is 252 g/mol. The van der Waals surface area contributed by atoms with Gasteiger partial charge in [0.2, 0.25) is 5.39 Å². The van der Waals surface area contributed by atoms with Crippen LogP contribution in [0, 0.1) is 28.6 Å². The van der Waals surface area contributed by atoms with Crippen molar-refractivity contribution < 1.29 is 0 Å². The van der Waals surface area contributed by atoms with Crippen molar-refractivity contribution in [2.45, 2.75) is 38.5 Å².